The van der Waals surface area contributed by atoms with Gasteiger partial charge in [-0.15, -0.1) is 11.3 Å². The highest BCUT2D eigenvalue weighted by Crippen LogP contribution is 2.21. The standard InChI is InChI=1S/C15H20BrN3S/c1-3-8-17-15-18-9-13(20-15)11-19(2)10-12-6-4-5-7-14(12)16/h4-7,9H,3,8,10-11H2,1-2H3,(H,17,18). The molecule has 0 amide bonds. The summed E-state index contributed by atoms with van der Waals surface area (Å²) < 4.78 is 1.17. The highest BCUT2D eigenvalue weighted by atomic mass is 79.9. The Morgan fingerprint density at radius 3 is 2.85 bits per heavy atom. The van der Waals surface area contributed by atoms with Crippen LogP contribution in [0.4, 0.5) is 5.13 Å². The van der Waals surface area contributed by atoms with Gasteiger partial charge in [0, 0.05) is 35.2 Å². The lowest BCUT2D eigenvalue weighted by Crippen LogP contribution is -2.16. The molecule has 1 aromatic heterocycles. The maximum atomic E-state index is 4.40. The predicted octanol–water partition coefficient (Wildman–Crippen LogP) is 4.36. The smallest absolute Gasteiger partial charge is 0.182 e. The summed E-state index contributed by atoms with van der Waals surface area (Å²) in [7, 11) is 2.14. The first kappa shape index (κ1) is 15.5. The molecule has 0 aliphatic carbocycles. The first-order valence-corrected chi connectivity index (χ1v) is 8.40. The van der Waals surface area contributed by atoms with Crippen LogP contribution < -0.4 is 5.32 Å². The molecule has 1 heterocycles. The predicted molar refractivity (Wildman–Crippen MR) is 90.2 cm³/mol. The van der Waals surface area contributed by atoms with Gasteiger partial charge in [0.2, 0.25) is 0 Å². The molecule has 0 aliphatic rings. The van der Waals surface area contributed by atoms with E-state index in [1.165, 1.54) is 14.9 Å². The van der Waals surface area contributed by atoms with Gasteiger partial charge >= 0.3 is 0 Å². The molecule has 20 heavy (non-hydrogen) atoms. The Hall–Kier alpha value is -0.910. The Bertz CT molecular complexity index is 541. The third-order valence-electron chi connectivity index (χ3n) is 2.90. The molecule has 108 valence electrons. The summed E-state index contributed by atoms with van der Waals surface area (Å²) >= 11 is 5.34. The molecule has 2 rings (SSSR count). The van der Waals surface area contributed by atoms with Crippen LogP contribution in [0.25, 0.3) is 0 Å². The SMILES string of the molecule is CCCNc1ncc(CN(C)Cc2ccccc2Br)s1. The van der Waals surface area contributed by atoms with Crippen molar-refractivity contribution in [1.29, 1.82) is 0 Å². The highest BCUT2D eigenvalue weighted by molar-refractivity contribution is 9.10. The minimum Gasteiger partial charge on any atom is -0.362 e. The number of hydrogen-bond acceptors (Lipinski definition) is 4. The maximum absolute atomic E-state index is 4.40. The maximum Gasteiger partial charge on any atom is 0.182 e. The normalized spacial score (nSPS) is 11.0. The largest absolute Gasteiger partial charge is 0.362 e. The summed E-state index contributed by atoms with van der Waals surface area (Å²) in [5.74, 6) is 0. The number of halogens is 1. The summed E-state index contributed by atoms with van der Waals surface area (Å²) in [4.78, 5) is 8.00. The zero-order valence-corrected chi connectivity index (χ0v) is 14.3. The monoisotopic (exact) mass is 353 g/mol. The Balaban J connectivity index is 1.89. The molecular weight excluding hydrogens is 334 g/mol. The highest BCUT2D eigenvalue weighted by Gasteiger charge is 2.07. The minimum absolute atomic E-state index is 0.923. The fourth-order valence-corrected chi connectivity index (χ4v) is 3.26. The molecular formula is C15H20BrN3S. The second-order valence-electron chi connectivity index (χ2n) is 4.82. The van der Waals surface area contributed by atoms with Gasteiger partial charge in [0.1, 0.15) is 0 Å². The first-order valence-electron chi connectivity index (χ1n) is 6.79. The van der Waals surface area contributed by atoms with Gasteiger partial charge in [-0.3, -0.25) is 4.90 Å². The average molecular weight is 354 g/mol. The van der Waals surface area contributed by atoms with Crippen LogP contribution in [0.3, 0.4) is 0 Å². The average Bonchev–Trinajstić information content (AvgIpc) is 2.86. The Kier molecular flexibility index (Phi) is 6.01. The van der Waals surface area contributed by atoms with Crippen molar-refractivity contribution >= 4 is 32.4 Å². The number of rotatable bonds is 7. The van der Waals surface area contributed by atoms with Gasteiger partial charge in [-0.25, -0.2) is 4.98 Å². The van der Waals surface area contributed by atoms with E-state index in [-0.39, 0.29) is 0 Å². The Labute approximate surface area is 133 Å². The molecule has 0 fully saturated rings. The van der Waals surface area contributed by atoms with Crippen molar-refractivity contribution in [1.82, 2.24) is 9.88 Å². The lowest BCUT2D eigenvalue weighted by atomic mass is 10.2. The van der Waals surface area contributed by atoms with E-state index in [2.05, 4.69) is 63.3 Å². The molecule has 0 saturated carbocycles. The number of aromatic nitrogens is 1. The second kappa shape index (κ2) is 7.76. The summed E-state index contributed by atoms with van der Waals surface area (Å²) in [6, 6.07) is 8.36. The van der Waals surface area contributed by atoms with Crippen LogP contribution in [0.2, 0.25) is 0 Å². The number of hydrogen-bond donors (Lipinski definition) is 1. The van der Waals surface area contributed by atoms with Crippen molar-refractivity contribution in [2.24, 2.45) is 0 Å². The molecule has 2 aromatic rings. The van der Waals surface area contributed by atoms with Crippen molar-refractivity contribution in [3.63, 3.8) is 0 Å². The summed E-state index contributed by atoms with van der Waals surface area (Å²) in [6.45, 7) is 5.00. The molecule has 0 unspecified atom stereocenters. The third kappa shape index (κ3) is 4.58. The van der Waals surface area contributed by atoms with E-state index < -0.39 is 0 Å². The molecule has 5 heteroatoms. The van der Waals surface area contributed by atoms with Crippen LogP contribution >= 0.6 is 27.3 Å². The molecule has 0 saturated heterocycles. The van der Waals surface area contributed by atoms with Crippen molar-refractivity contribution in [3.05, 3.63) is 45.4 Å². The number of nitrogens with one attached hydrogen (secondary N) is 1. The Morgan fingerprint density at radius 2 is 2.10 bits per heavy atom. The van der Waals surface area contributed by atoms with Crippen molar-refractivity contribution in [3.8, 4) is 0 Å². The van der Waals surface area contributed by atoms with E-state index in [0.29, 0.717) is 0 Å². The number of thiazole rings is 1. The van der Waals surface area contributed by atoms with Gasteiger partial charge < -0.3 is 5.32 Å². The van der Waals surface area contributed by atoms with Crippen LogP contribution in [0, 0.1) is 0 Å². The second-order valence-corrected chi connectivity index (χ2v) is 6.79. The van der Waals surface area contributed by atoms with E-state index in [0.717, 1.165) is 31.2 Å². The molecule has 0 atom stereocenters. The van der Waals surface area contributed by atoms with E-state index in [9.17, 15) is 0 Å². The van der Waals surface area contributed by atoms with E-state index >= 15 is 0 Å². The zero-order chi connectivity index (χ0) is 14.4. The van der Waals surface area contributed by atoms with E-state index in [4.69, 9.17) is 0 Å². The molecule has 1 aromatic carbocycles. The Morgan fingerprint density at radius 1 is 1.30 bits per heavy atom. The summed E-state index contributed by atoms with van der Waals surface area (Å²) in [6.07, 6.45) is 3.09. The quantitative estimate of drug-likeness (QED) is 0.801. The van der Waals surface area contributed by atoms with Gasteiger partial charge in [0.15, 0.2) is 5.13 Å². The van der Waals surface area contributed by atoms with Crippen LogP contribution in [0.15, 0.2) is 34.9 Å². The topological polar surface area (TPSA) is 28.2 Å². The van der Waals surface area contributed by atoms with Crippen molar-refractivity contribution < 1.29 is 0 Å². The lowest BCUT2D eigenvalue weighted by Gasteiger charge is -2.16. The van der Waals surface area contributed by atoms with Crippen molar-refractivity contribution in [2.45, 2.75) is 26.4 Å². The molecule has 0 aliphatic heterocycles. The molecule has 0 radical (unpaired) electrons. The molecule has 0 bridgehead atoms. The molecule has 0 spiro atoms. The fraction of sp³-hybridized carbons (Fsp3) is 0.400. The minimum atomic E-state index is 0.923. The third-order valence-corrected chi connectivity index (χ3v) is 4.62. The van der Waals surface area contributed by atoms with Crippen LogP contribution in [-0.4, -0.2) is 23.5 Å². The van der Waals surface area contributed by atoms with E-state index in [1.54, 1.807) is 11.3 Å². The van der Waals surface area contributed by atoms with Gasteiger partial charge in [-0.1, -0.05) is 41.1 Å². The van der Waals surface area contributed by atoms with Crippen molar-refractivity contribution in [2.75, 3.05) is 18.9 Å². The number of benzene rings is 1. The van der Waals surface area contributed by atoms with Gasteiger partial charge in [0.05, 0.1) is 0 Å². The van der Waals surface area contributed by atoms with Gasteiger partial charge in [0.25, 0.3) is 0 Å². The molecule has 3 nitrogen and oxygen atoms in total. The van der Waals surface area contributed by atoms with Crippen LogP contribution in [-0.2, 0) is 13.1 Å². The lowest BCUT2D eigenvalue weighted by molar-refractivity contribution is 0.321. The summed E-state index contributed by atoms with van der Waals surface area (Å²) in [5.41, 5.74) is 1.31. The van der Waals surface area contributed by atoms with Crippen LogP contribution in [0.5, 0.6) is 0 Å². The van der Waals surface area contributed by atoms with Crippen LogP contribution in [0.1, 0.15) is 23.8 Å². The van der Waals surface area contributed by atoms with Gasteiger partial charge in [-0.2, -0.15) is 0 Å². The van der Waals surface area contributed by atoms with E-state index in [1.807, 2.05) is 12.3 Å². The number of anilines is 1. The first-order chi connectivity index (χ1) is 9.69. The molecule has 1 N–H and O–H groups in total. The number of nitrogens with zero attached hydrogens (tertiary/aromatic N) is 2. The fourth-order valence-electron chi connectivity index (χ4n) is 1.93. The van der Waals surface area contributed by atoms with Gasteiger partial charge in [-0.05, 0) is 25.1 Å². The zero-order valence-electron chi connectivity index (χ0n) is 11.9. The summed E-state index contributed by atoms with van der Waals surface area (Å²) in [5, 5.41) is 4.35.